The molecule has 0 aliphatic rings. The van der Waals surface area contributed by atoms with Gasteiger partial charge < -0.3 is 10.6 Å². The summed E-state index contributed by atoms with van der Waals surface area (Å²) in [4.78, 5) is 21.7. The van der Waals surface area contributed by atoms with Crippen LogP contribution in [-0.4, -0.2) is 22.4 Å². The topological polar surface area (TPSA) is 90.7 Å². The molecule has 140 valence electrons. The van der Waals surface area contributed by atoms with Crippen molar-refractivity contribution in [2.75, 3.05) is 17.2 Å². The molecule has 2 N–H and O–H groups in total. The van der Waals surface area contributed by atoms with Crippen LogP contribution >= 0.6 is 0 Å². The van der Waals surface area contributed by atoms with E-state index in [1.54, 1.807) is 30.3 Å². The molecule has 1 heterocycles. The van der Waals surface area contributed by atoms with Gasteiger partial charge in [-0.25, -0.2) is 9.97 Å². The van der Waals surface area contributed by atoms with Crippen molar-refractivity contribution in [2.24, 2.45) is 0 Å². The van der Waals surface area contributed by atoms with Crippen LogP contribution in [0.3, 0.4) is 0 Å². The number of rotatable bonds is 7. The Balaban J connectivity index is 1.88. The summed E-state index contributed by atoms with van der Waals surface area (Å²) in [5.41, 5.74) is 2.25. The predicted octanol–water partition coefficient (Wildman–Crippen LogP) is 4.48. The molecule has 0 bridgehead atoms. The minimum absolute atomic E-state index is 0.275. The minimum atomic E-state index is -0.331. The lowest BCUT2D eigenvalue weighted by atomic mass is 10.2. The van der Waals surface area contributed by atoms with Crippen molar-refractivity contribution in [3.05, 3.63) is 71.9 Å². The van der Waals surface area contributed by atoms with Gasteiger partial charge in [-0.3, -0.25) is 4.79 Å². The third-order valence-electron chi connectivity index (χ3n) is 4.10. The third-order valence-corrected chi connectivity index (χ3v) is 4.10. The van der Waals surface area contributed by atoms with Crippen LogP contribution < -0.4 is 10.6 Å². The molecule has 1 aromatic heterocycles. The molecule has 0 unspecified atom stereocenters. The zero-order valence-electron chi connectivity index (χ0n) is 15.6. The number of carbonyl (C=O) groups is 1. The van der Waals surface area contributed by atoms with Crippen LogP contribution in [0, 0.1) is 11.3 Å². The predicted molar refractivity (Wildman–Crippen MR) is 110 cm³/mol. The number of benzene rings is 2. The van der Waals surface area contributed by atoms with Gasteiger partial charge in [-0.15, -0.1) is 0 Å². The number of aromatic nitrogens is 2. The van der Waals surface area contributed by atoms with Gasteiger partial charge in [0.2, 0.25) is 0 Å². The highest BCUT2D eigenvalue weighted by Gasteiger charge is 2.13. The molecule has 0 spiro atoms. The zero-order valence-corrected chi connectivity index (χ0v) is 15.6. The number of carbonyl (C=O) groups excluding carboxylic acids is 1. The van der Waals surface area contributed by atoms with Crippen molar-refractivity contribution in [1.29, 1.82) is 5.26 Å². The van der Waals surface area contributed by atoms with E-state index in [0.29, 0.717) is 22.9 Å². The van der Waals surface area contributed by atoms with E-state index in [0.717, 1.165) is 24.9 Å². The van der Waals surface area contributed by atoms with Crippen molar-refractivity contribution < 1.29 is 4.79 Å². The Hall–Kier alpha value is -3.72. The van der Waals surface area contributed by atoms with Crippen molar-refractivity contribution in [2.45, 2.75) is 19.8 Å². The normalized spacial score (nSPS) is 10.1. The third kappa shape index (κ3) is 4.92. The second-order valence-electron chi connectivity index (χ2n) is 6.25. The molecule has 6 nitrogen and oxygen atoms in total. The van der Waals surface area contributed by atoms with Crippen molar-refractivity contribution >= 4 is 17.4 Å². The zero-order chi connectivity index (χ0) is 19.8. The Morgan fingerprint density at radius 3 is 2.50 bits per heavy atom. The first-order chi connectivity index (χ1) is 13.7. The number of hydrogen-bond donors (Lipinski definition) is 2. The summed E-state index contributed by atoms with van der Waals surface area (Å²) in [5, 5.41) is 15.0. The van der Waals surface area contributed by atoms with E-state index >= 15 is 0 Å². The lowest BCUT2D eigenvalue weighted by molar-refractivity contribution is 0.102. The number of amides is 1. The molecule has 0 saturated carbocycles. The number of nitrogens with one attached hydrogen (secondary N) is 2. The molecule has 2 aromatic carbocycles. The Kier molecular flexibility index (Phi) is 6.32. The maximum Gasteiger partial charge on any atom is 0.274 e. The van der Waals surface area contributed by atoms with Gasteiger partial charge in [-0.2, -0.15) is 5.26 Å². The van der Waals surface area contributed by atoms with Gasteiger partial charge in [0.25, 0.3) is 5.91 Å². The Morgan fingerprint density at radius 2 is 1.82 bits per heavy atom. The summed E-state index contributed by atoms with van der Waals surface area (Å²) >= 11 is 0. The largest absolute Gasteiger partial charge is 0.370 e. The van der Waals surface area contributed by atoms with Crippen LogP contribution in [0.4, 0.5) is 11.5 Å². The van der Waals surface area contributed by atoms with Gasteiger partial charge in [0, 0.05) is 23.9 Å². The number of unbranched alkanes of at least 4 members (excludes halogenated alkanes) is 1. The number of hydrogen-bond acceptors (Lipinski definition) is 5. The smallest absolute Gasteiger partial charge is 0.274 e. The van der Waals surface area contributed by atoms with Crippen molar-refractivity contribution in [3.8, 4) is 17.5 Å². The highest BCUT2D eigenvalue weighted by molar-refractivity contribution is 6.03. The van der Waals surface area contributed by atoms with Crippen molar-refractivity contribution in [3.63, 3.8) is 0 Å². The number of nitrogens with zero attached hydrogens (tertiary/aromatic N) is 3. The van der Waals surface area contributed by atoms with E-state index in [2.05, 4.69) is 33.6 Å². The fourth-order valence-electron chi connectivity index (χ4n) is 2.59. The van der Waals surface area contributed by atoms with E-state index in [-0.39, 0.29) is 11.6 Å². The molecule has 0 radical (unpaired) electrons. The molecule has 0 atom stereocenters. The van der Waals surface area contributed by atoms with Crippen LogP contribution in [0.25, 0.3) is 11.4 Å². The summed E-state index contributed by atoms with van der Waals surface area (Å²) in [5.74, 6) is 0.780. The van der Waals surface area contributed by atoms with Gasteiger partial charge >= 0.3 is 0 Å². The van der Waals surface area contributed by atoms with Gasteiger partial charge in [-0.1, -0.05) is 43.7 Å². The lowest BCUT2D eigenvalue weighted by Gasteiger charge is -2.10. The summed E-state index contributed by atoms with van der Waals surface area (Å²) in [6, 6.07) is 20.0. The molecule has 0 saturated heterocycles. The summed E-state index contributed by atoms with van der Waals surface area (Å²) in [7, 11) is 0. The van der Waals surface area contributed by atoms with Crippen LogP contribution in [0.1, 0.15) is 35.8 Å². The second kappa shape index (κ2) is 9.28. The van der Waals surface area contributed by atoms with Gasteiger partial charge in [0.1, 0.15) is 11.5 Å². The van der Waals surface area contributed by atoms with Gasteiger partial charge in [0.05, 0.1) is 11.6 Å². The molecule has 6 heteroatoms. The lowest BCUT2D eigenvalue weighted by Crippen LogP contribution is -2.16. The van der Waals surface area contributed by atoms with Crippen LogP contribution in [0.15, 0.2) is 60.7 Å². The van der Waals surface area contributed by atoms with Crippen LogP contribution in [-0.2, 0) is 0 Å². The minimum Gasteiger partial charge on any atom is -0.370 e. The standard InChI is InChI=1S/C22H21N5O/c1-2-3-13-24-20-14-19(26-21(27-20)17-7-5-4-6-8-17)22(28)25-18-11-9-16(15-23)10-12-18/h4-12,14H,2-3,13H2,1H3,(H,25,28)(H,24,26,27). The highest BCUT2D eigenvalue weighted by atomic mass is 16.1. The molecule has 3 rings (SSSR count). The van der Waals surface area contributed by atoms with Crippen LogP contribution in [0.2, 0.25) is 0 Å². The average Bonchev–Trinajstić information content (AvgIpc) is 2.75. The Labute approximate surface area is 164 Å². The molecule has 3 aromatic rings. The fraction of sp³-hybridized carbons (Fsp3) is 0.182. The van der Waals surface area contributed by atoms with E-state index in [1.165, 1.54) is 0 Å². The molecule has 28 heavy (non-hydrogen) atoms. The maximum absolute atomic E-state index is 12.7. The average molecular weight is 371 g/mol. The van der Waals surface area contributed by atoms with E-state index < -0.39 is 0 Å². The Morgan fingerprint density at radius 1 is 1.07 bits per heavy atom. The fourth-order valence-corrected chi connectivity index (χ4v) is 2.59. The number of anilines is 2. The first kappa shape index (κ1) is 19.1. The first-order valence-electron chi connectivity index (χ1n) is 9.19. The summed E-state index contributed by atoms with van der Waals surface area (Å²) in [6.07, 6.45) is 2.08. The van der Waals surface area contributed by atoms with E-state index in [1.807, 2.05) is 30.3 Å². The van der Waals surface area contributed by atoms with Gasteiger partial charge in [0.15, 0.2) is 5.82 Å². The quantitative estimate of drug-likeness (QED) is 0.598. The molecule has 0 fully saturated rings. The molecular weight excluding hydrogens is 350 g/mol. The van der Waals surface area contributed by atoms with Crippen molar-refractivity contribution in [1.82, 2.24) is 9.97 Å². The van der Waals surface area contributed by atoms with E-state index in [4.69, 9.17) is 5.26 Å². The second-order valence-corrected chi connectivity index (χ2v) is 6.25. The molecule has 1 amide bonds. The Bertz CT molecular complexity index is 978. The monoisotopic (exact) mass is 371 g/mol. The summed E-state index contributed by atoms with van der Waals surface area (Å²) in [6.45, 7) is 2.89. The SMILES string of the molecule is CCCCNc1cc(C(=O)Nc2ccc(C#N)cc2)nc(-c2ccccc2)n1. The molecule has 0 aliphatic carbocycles. The van der Waals surface area contributed by atoms with Crippen LogP contribution in [0.5, 0.6) is 0 Å². The molecule has 0 aliphatic heterocycles. The molecular formula is C22H21N5O. The van der Waals surface area contributed by atoms with E-state index in [9.17, 15) is 4.79 Å². The number of nitriles is 1. The highest BCUT2D eigenvalue weighted by Crippen LogP contribution is 2.19. The maximum atomic E-state index is 12.7. The first-order valence-corrected chi connectivity index (χ1v) is 9.19. The summed E-state index contributed by atoms with van der Waals surface area (Å²) < 4.78 is 0. The van der Waals surface area contributed by atoms with Gasteiger partial charge in [-0.05, 0) is 30.7 Å².